The largest absolute Gasteiger partial charge is 0.480 e. The highest BCUT2D eigenvalue weighted by Gasteiger charge is 2.15. The van der Waals surface area contributed by atoms with Gasteiger partial charge < -0.3 is 15.2 Å². The third-order valence-electron chi connectivity index (χ3n) is 2.97. The number of hydrogen-bond donors (Lipinski definition) is 3. The van der Waals surface area contributed by atoms with Crippen LogP contribution in [0.1, 0.15) is 0 Å². The second-order valence-electron chi connectivity index (χ2n) is 4.78. The molecule has 8 nitrogen and oxygen atoms in total. The van der Waals surface area contributed by atoms with Gasteiger partial charge in [-0.2, -0.15) is 0 Å². The van der Waals surface area contributed by atoms with Gasteiger partial charge in [-0.15, -0.1) is 21.8 Å². The fourth-order valence-electron chi connectivity index (χ4n) is 1.72. The average Bonchev–Trinajstić information content (AvgIpc) is 2.60. The normalized spacial score (nSPS) is 12.5. The molecule has 2 aromatic rings. The molecule has 0 radical (unpaired) electrons. The number of aliphatic hydroxyl groups excluding tert-OH is 1. The number of ether oxygens (including phenoxy) is 1. The molecule has 10 heteroatoms. The van der Waals surface area contributed by atoms with E-state index in [1.807, 2.05) is 0 Å². The molecule has 130 valence electrons. The van der Waals surface area contributed by atoms with Crippen molar-refractivity contribution in [1.29, 1.82) is 0 Å². The number of nitrogens with zero attached hydrogens (tertiary/aromatic N) is 2. The molecular formula is C14H17ClN4O4S. The second kappa shape index (κ2) is 8.13. The lowest BCUT2D eigenvalue weighted by molar-refractivity contribution is 0.211. The molecule has 24 heavy (non-hydrogen) atoms. The maximum atomic E-state index is 12.3. The van der Waals surface area contributed by atoms with Crippen LogP contribution in [-0.2, 0) is 10.0 Å². The van der Waals surface area contributed by atoms with Crippen LogP contribution in [0.15, 0.2) is 41.3 Å². The van der Waals surface area contributed by atoms with Crippen LogP contribution >= 0.6 is 11.6 Å². The zero-order valence-electron chi connectivity index (χ0n) is 12.8. The van der Waals surface area contributed by atoms with E-state index >= 15 is 0 Å². The molecule has 0 spiro atoms. The summed E-state index contributed by atoms with van der Waals surface area (Å²) in [6, 6.07) is 9.01. The number of methoxy groups -OCH3 is 1. The lowest BCUT2D eigenvalue weighted by Crippen LogP contribution is -2.20. The van der Waals surface area contributed by atoms with Crippen LogP contribution in [0.2, 0.25) is 0 Å². The van der Waals surface area contributed by atoms with E-state index < -0.39 is 16.1 Å². The van der Waals surface area contributed by atoms with Crippen molar-refractivity contribution in [3.05, 3.63) is 36.4 Å². The first-order chi connectivity index (χ1) is 11.4. The summed E-state index contributed by atoms with van der Waals surface area (Å²) in [5, 5.41) is 19.7. The zero-order valence-corrected chi connectivity index (χ0v) is 14.4. The Morgan fingerprint density at radius 1 is 1.21 bits per heavy atom. The summed E-state index contributed by atoms with van der Waals surface area (Å²) in [4.78, 5) is 0.0727. The summed E-state index contributed by atoms with van der Waals surface area (Å²) >= 11 is 5.50. The quantitative estimate of drug-likeness (QED) is 0.598. The van der Waals surface area contributed by atoms with Gasteiger partial charge in [0, 0.05) is 18.3 Å². The van der Waals surface area contributed by atoms with E-state index in [4.69, 9.17) is 16.3 Å². The number of benzene rings is 1. The van der Waals surface area contributed by atoms with E-state index in [0.29, 0.717) is 5.69 Å². The lowest BCUT2D eigenvalue weighted by Gasteiger charge is -2.11. The summed E-state index contributed by atoms with van der Waals surface area (Å²) in [6.07, 6.45) is -0.676. The highest BCUT2D eigenvalue weighted by molar-refractivity contribution is 7.92. The van der Waals surface area contributed by atoms with Crippen molar-refractivity contribution < 1.29 is 18.3 Å². The summed E-state index contributed by atoms with van der Waals surface area (Å²) < 4.78 is 31.8. The number of nitrogens with one attached hydrogen (secondary N) is 2. The van der Waals surface area contributed by atoms with E-state index in [-0.39, 0.29) is 29.0 Å². The number of rotatable bonds is 8. The number of aliphatic hydroxyl groups is 1. The minimum atomic E-state index is -3.78. The first-order valence-corrected chi connectivity index (χ1v) is 8.95. The van der Waals surface area contributed by atoms with E-state index in [0.717, 1.165) is 0 Å². The number of sulfonamides is 1. The van der Waals surface area contributed by atoms with Crippen LogP contribution in [-0.4, -0.2) is 49.4 Å². The SMILES string of the molecule is COc1ccc(NS(=O)(=O)c2ccc(NCC(O)CCl)cc2)nn1. The van der Waals surface area contributed by atoms with Crippen molar-refractivity contribution in [2.75, 3.05) is 29.6 Å². The molecular weight excluding hydrogens is 356 g/mol. The van der Waals surface area contributed by atoms with E-state index in [9.17, 15) is 13.5 Å². The Kier molecular flexibility index (Phi) is 6.18. The van der Waals surface area contributed by atoms with Gasteiger partial charge in [0.15, 0.2) is 5.82 Å². The molecule has 1 heterocycles. The van der Waals surface area contributed by atoms with Crippen molar-refractivity contribution in [2.45, 2.75) is 11.0 Å². The molecule has 1 unspecified atom stereocenters. The Labute approximate surface area is 144 Å². The van der Waals surface area contributed by atoms with Gasteiger partial charge in [0.1, 0.15) is 0 Å². The number of halogens is 1. The second-order valence-corrected chi connectivity index (χ2v) is 6.77. The summed E-state index contributed by atoms with van der Waals surface area (Å²) in [7, 11) is -2.34. The van der Waals surface area contributed by atoms with Crippen LogP contribution in [0.4, 0.5) is 11.5 Å². The standard InChI is InChI=1S/C14H17ClN4O4S/c1-23-14-7-6-13(17-18-14)19-24(21,22)12-4-2-10(3-5-12)16-9-11(20)8-15/h2-7,11,16,20H,8-9H2,1H3,(H,17,19). The van der Waals surface area contributed by atoms with Gasteiger partial charge in [0.25, 0.3) is 10.0 Å². The van der Waals surface area contributed by atoms with E-state index in [1.54, 1.807) is 12.1 Å². The lowest BCUT2D eigenvalue weighted by atomic mass is 10.3. The monoisotopic (exact) mass is 372 g/mol. The maximum absolute atomic E-state index is 12.3. The zero-order chi connectivity index (χ0) is 17.6. The number of aromatic nitrogens is 2. The van der Waals surface area contributed by atoms with Crippen LogP contribution in [0, 0.1) is 0 Å². The van der Waals surface area contributed by atoms with Crippen molar-refractivity contribution in [2.24, 2.45) is 0 Å². The third kappa shape index (κ3) is 4.95. The van der Waals surface area contributed by atoms with Gasteiger partial charge in [-0.25, -0.2) is 8.42 Å². The Morgan fingerprint density at radius 3 is 2.46 bits per heavy atom. The predicted molar refractivity (Wildman–Crippen MR) is 91.1 cm³/mol. The first kappa shape index (κ1) is 18.2. The number of anilines is 2. The molecule has 1 aromatic heterocycles. The van der Waals surface area contributed by atoms with E-state index in [2.05, 4.69) is 20.2 Å². The van der Waals surface area contributed by atoms with Crippen LogP contribution in [0.5, 0.6) is 5.88 Å². The van der Waals surface area contributed by atoms with Gasteiger partial charge in [-0.1, -0.05) is 0 Å². The number of alkyl halides is 1. The summed E-state index contributed by atoms with van der Waals surface area (Å²) in [5.41, 5.74) is 0.669. The van der Waals surface area contributed by atoms with Crippen molar-refractivity contribution >= 4 is 33.1 Å². The molecule has 0 aliphatic carbocycles. The van der Waals surface area contributed by atoms with Gasteiger partial charge >= 0.3 is 0 Å². The Balaban J connectivity index is 2.05. The van der Waals surface area contributed by atoms with Crippen LogP contribution < -0.4 is 14.8 Å². The minimum Gasteiger partial charge on any atom is -0.480 e. The van der Waals surface area contributed by atoms with Gasteiger partial charge in [-0.05, 0) is 30.3 Å². The van der Waals surface area contributed by atoms with Gasteiger partial charge in [-0.3, -0.25) is 4.72 Å². The Bertz CT molecular complexity index is 753. The fourth-order valence-corrected chi connectivity index (χ4v) is 2.83. The Morgan fingerprint density at radius 2 is 1.92 bits per heavy atom. The average molecular weight is 373 g/mol. The molecule has 0 aliphatic rings. The van der Waals surface area contributed by atoms with Crippen molar-refractivity contribution in [1.82, 2.24) is 10.2 Å². The highest BCUT2D eigenvalue weighted by Crippen LogP contribution is 2.17. The molecule has 0 bridgehead atoms. The fraction of sp³-hybridized carbons (Fsp3) is 0.286. The predicted octanol–water partition coefficient (Wildman–Crippen LogP) is 1.30. The number of hydrogen-bond acceptors (Lipinski definition) is 7. The molecule has 0 saturated heterocycles. The molecule has 3 N–H and O–H groups in total. The summed E-state index contributed by atoms with van der Waals surface area (Å²) in [5.74, 6) is 0.488. The van der Waals surface area contributed by atoms with Crippen molar-refractivity contribution in [3.8, 4) is 5.88 Å². The topological polar surface area (TPSA) is 113 Å². The maximum Gasteiger partial charge on any atom is 0.263 e. The first-order valence-electron chi connectivity index (χ1n) is 6.93. The third-order valence-corrected chi connectivity index (χ3v) is 4.70. The molecule has 1 aromatic carbocycles. The molecule has 0 aliphatic heterocycles. The molecule has 1 atom stereocenters. The molecule has 2 rings (SSSR count). The van der Waals surface area contributed by atoms with Crippen LogP contribution in [0.3, 0.4) is 0 Å². The molecule has 0 saturated carbocycles. The van der Waals surface area contributed by atoms with E-state index in [1.165, 1.54) is 31.4 Å². The molecule has 0 fully saturated rings. The highest BCUT2D eigenvalue weighted by atomic mass is 35.5. The minimum absolute atomic E-state index is 0.0727. The van der Waals surface area contributed by atoms with Gasteiger partial charge in [0.2, 0.25) is 5.88 Å². The Hall–Kier alpha value is -2.10. The van der Waals surface area contributed by atoms with Gasteiger partial charge in [0.05, 0.1) is 24.0 Å². The van der Waals surface area contributed by atoms with Crippen molar-refractivity contribution in [3.63, 3.8) is 0 Å². The van der Waals surface area contributed by atoms with Crippen LogP contribution in [0.25, 0.3) is 0 Å². The summed E-state index contributed by atoms with van der Waals surface area (Å²) in [6.45, 7) is 0.273. The molecule has 0 amide bonds. The smallest absolute Gasteiger partial charge is 0.263 e.